The number of aryl methyl sites for hydroxylation is 2. The van der Waals surface area contributed by atoms with E-state index in [-0.39, 0.29) is 0 Å². The molecule has 0 unspecified atom stereocenters. The highest BCUT2D eigenvalue weighted by Crippen LogP contribution is 2.15. The third kappa shape index (κ3) is 2.03. The second kappa shape index (κ2) is 4.30. The SMILES string of the molecule is CCc1cc(NC)nc(-c2ccn(C)n2)n1. The molecular formula is C11H15N5. The monoisotopic (exact) mass is 217 g/mol. The molecule has 5 nitrogen and oxygen atoms in total. The largest absolute Gasteiger partial charge is 0.373 e. The number of nitrogens with one attached hydrogen (secondary N) is 1. The van der Waals surface area contributed by atoms with Crippen molar-refractivity contribution in [2.24, 2.45) is 7.05 Å². The van der Waals surface area contributed by atoms with Crippen molar-refractivity contribution >= 4 is 5.82 Å². The van der Waals surface area contributed by atoms with Gasteiger partial charge in [0.15, 0.2) is 5.82 Å². The molecule has 0 saturated carbocycles. The van der Waals surface area contributed by atoms with Crippen LogP contribution in [0, 0.1) is 0 Å². The van der Waals surface area contributed by atoms with Crippen molar-refractivity contribution in [3.63, 3.8) is 0 Å². The Bertz CT molecular complexity index is 467. The molecule has 0 fully saturated rings. The summed E-state index contributed by atoms with van der Waals surface area (Å²) in [4.78, 5) is 8.84. The van der Waals surface area contributed by atoms with Gasteiger partial charge in [-0.3, -0.25) is 4.68 Å². The van der Waals surface area contributed by atoms with Crippen LogP contribution in [0.4, 0.5) is 5.82 Å². The van der Waals surface area contributed by atoms with Crippen LogP contribution in [0.5, 0.6) is 0 Å². The van der Waals surface area contributed by atoms with E-state index in [0.29, 0.717) is 5.82 Å². The van der Waals surface area contributed by atoms with Crippen LogP contribution < -0.4 is 5.32 Å². The third-order valence-corrected chi connectivity index (χ3v) is 2.34. The van der Waals surface area contributed by atoms with Gasteiger partial charge < -0.3 is 5.32 Å². The fourth-order valence-corrected chi connectivity index (χ4v) is 1.46. The summed E-state index contributed by atoms with van der Waals surface area (Å²) < 4.78 is 1.75. The molecule has 0 radical (unpaired) electrons. The maximum Gasteiger partial charge on any atom is 0.182 e. The number of nitrogens with zero attached hydrogens (tertiary/aromatic N) is 4. The van der Waals surface area contributed by atoms with Gasteiger partial charge in [-0.05, 0) is 12.5 Å². The highest BCUT2D eigenvalue weighted by atomic mass is 15.3. The number of rotatable bonds is 3. The summed E-state index contributed by atoms with van der Waals surface area (Å²) in [6, 6.07) is 3.86. The zero-order chi connectivity index (χ0) is 11.5. The third-order valence-electron chi connectivity index (χ3n) is 2.34. The smallest absolute Gasteiger partial charge is 0.182 e. The minimum absolute atomic E-state index is 0.671. The van der Waals surface area contributed by atoms with Crippen LogP contribution in [0.25, 0.3) is 11.5 Å². The van der Waals surface area contributed by atoms with Gasteiger partial charge in [0.05, 0.1) is 0 Å². The van der Waals surface area contributed by atoms with Crippen molar-refractivity contribution in [2.75, 3.05) is 12.4 Å². The first kappa shape index (κ1) is 10.6. The van der Waals surface area contributed by atoms with E-state index in [0.717, 1.165) is 23.6 Å². The molecule has 84 valence electrons. The Hall–Kier alpha value is -1.91. The van der Waals surface area contributed by atoms with E-state index in [1.165, 1.54) is 0 Å². The molecule has 0 saturated heterocycles. The van der Waals surface area contributed by atoms with Crippen molar-refractivity contribution in [3.8, 4) is 11.5 Å². The molecule has 0 aromatic carbocycles. The van der Waals surface area contributed by atoms with E-state index in [4.69, 9.17) is 0 Å². The van der Waals surface area contributed by atoms with Crippen LogP contribution in [-0.4, -0.2) is 26.8 Å². The van der Waals surface area contributed by atoms with E-state index < -0.39 is 0 Å². The molecule has 0 aliphatic rings. The zero-order valence-electron chi connectivity index (χ0n) is 9.73. The van der Waals surface area contributed by atoms with Crippen molar-refractivity contribution in [3.05, 3.63) is 24.0 Å². The maximum absolute atomic E-state index is 4.46. The molecule has 5 heteroatoms. The second-order valence-electron chi connectivity index (χ2n) is 3.55. The first-order chi connectivity index (χ1) is 7.72. The van der Waals surface area contributed by atoms with Gasteiger partial charge in [-0.1, -0.05) is 6.92 Å². The van der Waals surface area contributed by atoms with Gasteiger partial charge in [-0.15, -0.1) is 0 Å². The highest BCUT2D eigenvalue weighted by Gasteiger charge is 2.07. The van der Waals surface area contributed by atoms with E-state index in [1.54, 1.807) is 4.68 Å². The molecular weight excluding hydrogens is 202 g/mol. The summed E-state index contributed by atoms with van der Waals surface area (Å²) in [5.74, 6) is 1.50. The van der Waals surface area contributed by atoms with E-state index in [9.17, 15) is 0 Å². The molecule has 1 N–H and O–H groups in total. The maximum atomic E-state index is 4.46. The second-order valence-corrected chi connectivity index (χ2v) is 3.55. The molecule has 2 rings (SSSR count). The zero-order valence-corrected chi connectivity index (χ0v) is 9.73. The van der Waals surface area contributed by atoms with Gasteiger partial charge in [-0.25, -0.2) is 9.97 Å². The normalized spacial score (nSPS) is 10.4. The molecule has 16 heavy (non-hydrogen) atoms. The van der Waals surface area contributed by atoms with Gasteiger partial charge in [0.25, 0.3) is 0 Å². The summed E-state index contributed by atoms with van der Waals surface area (Å²) in [5, 5.41) is 7.33. The summed E-state index contributed by atoms with van der Waals surface area (Å²) in [5.41, 5.74) is 1.81. The van der Waals surface area contributed by atoms with Crippen molar-refractivity contribution in [1.29, 1.82) is 0 Å². The minimum Gasteiger partial charge on any atom is -0.373 e. The van der Waals surface area contributed by atoms with Crippen LogP contribution in [0.3, 0.4) is 0 Å². The summed E-state index contributed by atoms with van der Waals surface area (Å²) in [7, 11) is 3.73. The van der Waals surface area contributed by atoms with E-state index in [2.05, 4.69) is 27.3 Å². The first-order valence-electron chi connectivity index (χ1n) is 5.28. The molecule has 0 amide bonds. The fourth-order valence-electron chi connectivity index (χ4n) is 1.46. The van der Waals surface area contributed by atoms with Crippen LogP contribution in [0.15, 0.2) is 18.3 Å². The molecule has 0 aliphatic heterocycles. The summed E-state index contributed by atoms with van der Waals surface area (Å²) in [6.45, 7) is 2.07. The minimum atomic E-state index is 0.671. The Labute approximate surface area is 94.5 Å². The molecule has 2 aromatic rings. The Morgan fingerprint density at radius 3 is 2.75 bits per heavy atom. The number of anilines is 1. The van der Waals surface area contributed by atoms with Crippen molar-refractivity contribution in [1.82, 2.24) is 19.7 Å². The van der Waals surface area contributed by atoms with Crippen LogP contribution in [0.2, 0.25) is 0 Å². The van der Waals surface area contributed by atoms with Gasteiger partial charge in [-0.2, -0.15) is 5.10 Å². The lowest BCUT2D eigenvalue weighted by atomic mass is 10.3. The van der Waals surface area contributed by atoms with Crippen molar-refractivity contribution < 1.29 is 0 Å². The number of aromatic nitrogens is 4. The van der Waals surface area contributed by atoms with Crippen LogP contribution in [0.1, 0.15) is 12.6 Å². The fraction of sp³-hybridized carbons (Fsp3) is 0.364. The Kier molecular flexibility index (Phi) is 2.85. The molecule has 2 heterocycles. The standard InChI is InChI=1S/C11H15N5/c1-4-8-7-10(12-2)14-11(13-8)9-5-6-16(3)15-9/h5-7H,4H2,1-3H3,(H,12,13,14). The number of hydrogen-bond donors (Lipinski definition) is 1. The van der Waals surface area contributed by atoms with Crippen molar-refractivity contribution in [2.45, 2.75) is 13.3 Å². The Morgan fingerprint density at radius 1 is 1.38 bits per heavy atom. The lowest BCUT2D eigenvalue weighted by Crippen LogP contribution is -2.01. The van der Waals surface area contributed by atoms with E-state index >= 15 is 0 Å². The quantitative estimate of drug-likeness (QED) is 0.846. The average molecular weight is 217 g/mol. The first-order valence-corrected chi connectivity index (χ1v) is 5.28. The average Bonchev–Trinajstić information content (AvgIpc) is 2.75. The highest BCUT2D eigenvalue weighted by molar-refractivity contribution is 5.52. The predicted molar refractivity (Wildman–Crippen MR) is 63.2 cm³/mol. The number of hydrogen-bond acceptors (Lipinski definition) is 4. The summed E-state index contributed by atoms with van der Waals surface area (Å²) in [6.07, 6.45) is 2.77. The lowest BCUT2D eigenvalue weighted by Gasteiger charge is -2.04. The molecule has 0 spiro atoms. The molecule has 0 aliphatic carbocycles. The van der Waals surface area contributed by atoms with Gasteiger partial charge in [0, 0.05) is 32.1 Å². The Balaban J connectivity index is 2.47. The van der Waals surface area contributed by atoms with Gasteiger partial charge in [0.1, 0.15) is 11.5 Å². The summed E-state index contributed by atoms with van der Waals surface area (Å²) >= 11 is 0. The van der Waals surface area contributed by atoms with Gasteiger partial charge >= 0.3 is 0 Å². The van der Waals surface area contributed by atoms with Gasteiger partial charge in [0.2, 0.25) is 0 Å². The molecule has 2 aromatic heterocycles. The molecule has 0 atom stereocenters. The van der Waals surface area contributed by atoms with Crippen LogP contribution in [-0.2, 0) is 13.5 Å². The predicted octanol–water partition coefficient (Wildman–Crippen LogP) is 1.48. The Morgan fingerprint density at radius 2 is 2.19 bits per heavy atom. The van der Waals surface area contributed by atoms with E-state index in [1.807, 2.05) is 32.4 Å². The topological polar surface area (TPSA) is 55.6 Å². The lowest BCUT2D eigenvalue weighted by molar-refractivity contribution is 0.768. The van der Waals surface area contributed by atoms with Crippen LogP contribution >= 0.6 is 0 Å². The molecule has 0 bridgehead atoms.